The standard InChI is InChI=1S/C18H16Cl2N4O/c19-13-2-1-3-14(20)16(13)10-4-5-15-12(8-10)17(24-23-15)22-18(25)11-6-7-21-9-11/h1-5,8,11,21H,6-7,9H2,(H2,22,23,24,25). The molecule has 1 aliphatic heterocycles. The Morgan fingerprint density at radius 3 is 2.72 bits per heavy atom. The van der Waals surface area contributed by atoms with E-state index in [-0.39, 0.29) is 11.8 Å². The number of aromatic nitrogens is 2. The Bertz CT molecular complexity index is 927. The molecule has 2 heterocycles. The van der Waals surface area contributed by atoms with Crippen LogP contribution in [0.2, 0.25) is 10.0 Å². The van der Waals surface area contributed by atoms with Crippen molar-refractivity contribution in [1.82, 2.24) is 15.5 Å². The van der Waals surface area contributed by atoms with Crippen LogP contribution in [-0.2, 0) is 4.79 Å². The van der Waals surface area contributed by atoms with Crippen molar-refractivity contribution < 1.29 is 4.79 Å². The molecule has 2 aromatic carbocycles. The Morgan fingerprint density at radius 1 is 1.20 bits per heavy atom. The maximum Gasteiger partial charge on any atom is 0.230 e. The summed E-state index contributed by atoms with van der Waals surface area (Å²) in [5, 5.41) is 15.3. The second kappa shape index (κ2) is 6.67. The molecule has 0 radical (unpaired) electrons. The molecule has 1 fully saturated rings. The van der Waals surface area contributed by atoms with E-state index in [1.165, 1.54) is 0 Å². The number of carbonyl (C=O) groups excluding carboxylic acids is 1. The molecule has 5 nitrogen and oxygen atoms in total. The number of nitrogens with one attached hydrogen (secondary N) is 3. The normalized spacial score (nSPS) is 17.1. The van der Waals surface area contributed by atoms with Crippen molar-refractivity contribution >= 4 is 45.8 Å². The van der Waals surface area contributed by atoms with E-state index in [2.05, 4.69) is 20.8 Å². The highest BCUT2D eigenvalue weighted by Crippen LogP contribution is 2.36. The minimum absolute atomic E-state index is 0.0143. The Balaban J connectivity index is 1.71. The van der Waals surface area contributed by atoms with E-state index >= 15 is 0 Å². The van der Waals surface area contributed by atoms with Crippen molar-refractivity contribution in [2.45, 2.75) is 6.42 Å². The van der Waals surface area contributed by atoms with Crippen LogP contribution in [0.3, 0.4) is 0 Å². The smallest absolute Gasteiger partial charge is 0.230 e. The highest BCUT2D eigenvalue weighted by molar-refractivity contribution is 6.39. The number of aromatic amines is 1. The number of hydrogen-bond donors (Lipinski definition) is 3. The quantitative estimate of drug-likeness (QED) is 0.646. The Kier molecular flexibility index (Phi) is 4.37. The van der Waals surface area contributed by atoms with Crippen molar-refractivity contribution in [1.29, 1.82) is 0 Å². The van der Waals surface area contributed by atoms with Gasteiger partial charge in [-0.2, -0.15) is 5.10 Å². The highest BCUT2D eigenvalue weighted by atomic mass is 35.5. The van der Waals surface area contributed by atoms with Gasteiger partial charge in [0.15, 0.2) is 5.82 Å². The average molecular weight is 375 g/mol. The zero-order valence-corrected chi connectivity index (χ0v) is 14.8. The van der Waals surface area contributed by atoms with Crippen molar-refractivity contribution in [2.24, 2.45) is 5.92 Å². The van der Waals surface area contributed by atoms with Gasteiger partial charge in [0.25, 0.3) is 0 Å². The van der Waals surface area contributed by atoms with Crippen molar-refractivity contribution in [2.75, 3.05) is 18.4 Å². The molecular weight excluding hydrogens is 359 g/mol. The van der Waals surface area contributed by atoms with Crippen LogP contribution in [0.15, 0.2) is 36.4 Å². The third-order valence-corrected chi connectivity index (χ3v) is 5.12. The summed E-state index contributed by atoms with van der Waals surface area (Å²) in [6.07, 6.45) is 0.842. The zero-order chi connectivity index (χ0) is 17.4. The van der Waals surface area contributed by atoms with Gasteiger partial charge in [-0.25, -0.2) is 0 Å². The van der Waals surface area contributed by atoms with Gasteiger partial charge in [-0.1, -0.05) is 35.3 Å². The summed E-state index contributed by atoms with van der Waals surface area (Å²) >= 11 is 12.6. The van der Waals surface area contributed by atoms with Crippen molar-refractivity contribution in [3.05, 3.63) is 46.4 Å². The van der Waals surface area contributed by atoms with E-state index in [0.717, 1.165) is 35.0 Å². The average Bonchev–Trinajstić information content (AvgIpc) is 3.25. The van der Waals surface area contributed by atoms with Crippen LogP contribution in [-0.4, -0.2) is 29.2 Å². The van der Waals surface area contributed by atoms with Crippen LogP contribution in [0.25, 0.3) is 22.0 Å². The van der Waals surface area contributed by atoms with Gasteiger partial charge in [-0.15, -0.1) is 0 Å². The van der Waals surface area contributed by atoms with Crippen LogP contribution >= 0.6 is 23.2 Å². The molecule has 4 rings (SSSR count). The summed E-state index contributed by atoms with van der Waals surface area (Å²) in [5.41, 5.74) is 2.49. The minimum atomic E-state index is -0.0204. The summed E-state index contributed by atoms with van der Waals surface area (Å²) in [4.78, 5) is 12.4. The van der Waals surface area contributed by atoms with E-state index in [0.29, 0.717) is 22.4 Å². The number of amides is 1. The van der Waals surface area contributed by atoms with Gasteiger partial charge in [-0.05, 0) is 42.8 Å². The number of nitrogens with zero attached hydrogens (tertiary/aromatic N) is 1. The van der Waals surface area contributed by atoms with E-state index in [1.807, 2.05) is 24.3 Å². The Hall–Kier alpha value is -2.08. The lowest BCUT2D eigenvalue weighted by molar-refractivity contribution is -0.119. The lowest BCUT2D eigenvalue weighted by Crippen LogP contribution is -2.24. The van der Waals surface area contributed by atoms with Crippen molar-refractivity contribution in [3.63, 3.8) is 0 Å². The fourth-order valence-corrected chi connectivity index (χ4v) is 3.75. The molecule has 128 valence electrons. The van der Waals surface area contributed by atoms with Gasteiger partial charge in [0, 0.05) is 27.5 Å². The van der Waals surface area contributed by atoms with E-state index in [1.54, 1.807) is 12.1 Å². The van der Waals surface area contributed by atoms with Gasteiger partial charge in [0.1, 0.15) is 0 Å². The summed E-state index contributed by atoms with van der Waals surface area (Å²) in [7, 11) is 0. The van der Waals surface area contributed by atoms with E-state index < -0.39 is 0 Å². The third-order valence-electron chi connectivity index (χ3n) is 4.49. The van der Waals surface area contributed by atoms with Gasteiger partial charge in [-0.3, -0.25) is 9.89 Å². The first-order valence-electron chi connectivity index (χ1n) is 8.07. The van der Waals surface area contributed by atoms with Gasteiger partial charge in [0.2, 0.25) is 5.91 Å². The van der Waals surface area contributed by atoms with Crippen LogP contribution < -0.4 is 10.6 Å². The topological polar surface area (TPSA) is 69.8 Å². The molecule has 0 bridgehead atoms. The van der Waals surface area contributed by atoms with Crippen LogP contribution in [0, 0.1) is 5.92 Å². The first kappa shape index (κ1) is 16.4. The number of fused-ring (bicyclic) bond motifs is 1. The summed E-state index contributed by atoms with van der Waals surface area (Å²) < 4.78 is 0. The van der Waals surface area contributed by atoms with Crippen LogP contribution in [0.1, 0.15) is 6.42 Å². The first-order valence-corrected chi connectivity index (χ1v) is 8.83. The number of carbonyl (C=O) groups is 1. The Labute approximate surface area is 154 Å². The van der Waals surface area contributed by atoms with Crippen molar-refractivity contribution in [3.8, 4) is 11.1 Å². The molecule has 1 unspecified atom stereocenters. The molecule has 3 N–H and O–H groups in total. The fourth-order valence-electron chi connectivity index (χ4n) is 3.14. The van der Waals surface area contributed by atoms with E-state index in [4.69, 9.17) is 23.2 Å². The number of anilines is 1. The first-order chi connectivity index (χ1) is 12.1. The largest absolute Gasteiger partial charge is 0.316 e. The maximum absolute atomic E-state index is 12.4. The van der Waals surface area contributed by atoms with Gasteiger partial charge in [0.05, 0.1) is 11.4 Å². The zero-order valence-electron chi connectivity index (χ0n) is 13.3. The number of hydrogen-bond acceptors (Lipinski definition) is 3. The van der Waals surface area contributed by atoms with Gasteiger partial charge < -0.3 is 10.6 Å². The summed E-state index contributed by atoms with van der Waals surface area (Å²) in [6.45, 7) is 1.57. The molecule has 0 aliphatic carbocycles. The Morgan fingerprint density at radius 2 is 2.00 bits per heavy atom. The molecule has 1 atom stereocenters. The third kappa shape index (κ3) is 3.11. The molecule has 1 saturated heterocycles. The monoisotopic (exact) mass is 374 g/mol. The molecule has 0 spiro atoms. The maximum atomic E-state index is 12.4. The molecule has 1 amide bonds. The molecule has 7 heteroatoms. The second-order valence-electron chi connectivity index (χ2n) is 6.11. The van der Waals surface area contributed by atoms with Gasteiger partial charge >= 0.3 is 0 Å². The minimum Gasteiger partial charge on any atom is -0.316 e. The predicted molar refractivity (Wildman–Crippen MR) is 101 cm³/mol. The van der Waals surface area contributed by atoms with E-state index in [9.17, 15) is 4.79 Å². The molecule has 1 aromatic heterocycles. The number of halogens is 2. The predicted octanol–water partition coefficient (Wildman–Crippen LogP) is 4.08. The molecule has 1 aliphatic rings. The number of benzene rings is 2. The lowest BCUT2D eigenvalue weighted by atomic mass is 10.0. The lowest BCUT2D eigenvalue weighted by Gasteiger charge is -2.09. The van der Waals surface area contributed by atoms with Crippen LogP contribution in [0.5, 0.6) is 0 Å². The molecule has 3 aromatic rings. The SMILES string of the molecule is O=C(Nc1n[nH]c2ccc(-c3c(Cl)cccc3Cl)cc12)C1CCNC1. The number of rotatable bonds is 3. The highest BCUT2D eigenvalue weighted by Gasteiger charge is 2.23. The molecule has 25 heavy (non-hydrogen) atoms. The van der Waals surface area contributed by atoms with Crippen LogP contribution in [0.4, 0.5) is 5.82 Å². The fraction of sp³-hybridized carbons (Fsp3) is 0.222. The number of H-pyrrole nitrogens is 1. The summed E-state index contributed by atoms with van der Waals surface area (Å²) in [5.74, 6) is 0.490. The molecular formula is C18H16Cl2N4O. The second-order valence-corrected chi connectivity index (χ2v) is 6.92. The molecule has 0 saturated carbocycles. The summed E-state index contributed by atoms with van der Waals surface area (Å²) in [6, 6.07) is 11.2.